The molecule has 0 bridgehead atoms. The van der Waals surface area contributed by atoms with E-state index in [1.807, 2.05) is 36.4 Å². The summed E-state index contributed by atoms with van der Waals surface area (Å²) in [5.74, 6) is 0.246. The Morgan fingerprint density at radius 2 is 1.69 bits per heavy atom. The van der Waals surface area contributed by atoms with E-state index in [4.69, 9.17) is 11.6 Å². The number of anilines is 1. The van der Waals surface area contributed by atoms with Gasteiger partial charge in [0.1, 0.15) is 12.1 Å². The lowest BCUT2D eigenvalue weighted by Crippen LogP contribution is -2.03. The first kappa shape index (κ1) is 17.6. The molecule has 4 aromatic rings. The standard InChI is InChI=1S/C22H14ClFN4O/c23-18-10-20-15(9-21(29)27-20)7-17(18)14-5-6-16(19(24)8-14)12-1-3-13(4-2-12)22-25-11-26-28-22/h1-8,10-11H,9H2,(H,27,29)(H,25,26,28). The van der Waals surface area contributed by atoms with Crippen LogP contribution in [0.15, 0.2) is 60.9 Å². The van der Waals surface area contributed by atoms with E-state index in [9.17, 15) is 9.18 Å². The zero-order chi connectivity index (χ0) is 20.0. The molecule has 0 unspecified atom stereocenters. The Labute approximate surface area is 170 Å². The van der Waals surface area contributed by atoms with Gasteiger partial charge < -0.3 is 5.32 Å². The summed E-state index contributed by atoms with van der Waals surface area (Å²) >= 11 is 6.38. The summed E-state index contributed by atoms with van der Waals surface area (Å²) in [6.07, 6.45) is 1.75. The highest BCUT2D eigenvalue weighted by atomic mass is 35.5. The van der Waals surface area contributed by atoms with Gasteiger partial charge in [-0.25, -0.2) is 9.37 Å². The molecule has 0 radical (unpaired) electrons. The van der Waals surface area contributed by atoms with Crippen molar-refractivity contribution in [2.45, 2.75) is 6.42 Å². The lowest BCUT2D eigenvalue weighted by molar-refractivity contribution is -0.115. The second-order valence-corrected chi connectivity index (χ2v) is 7.23. The van der Waals surface area contributed by atoms with Gasteiger partial charge in [0.2, 0.25) is 5.91 Å². The smallest absolute Gasteiger partial charge is 0.228 e. The number of carbonyl (C=O) groups is 1. The summed E-state index contributed by atoms with van der Waals surface area (Å²) in [5, 5.41) is 9.87. The molecule has 0 fully saturated rings. The van der Waals surface area contributed by atoms with E-state index in [1.165, 1.54) is 12.4 Å². The van der Waals surface area contributed by atoms with Crippen molar-refractivity contribution in [3.05, 3.63) is 77.3 Å². The van der Waals surface area contributed by atoms with Crippen LogP contribution in [0.4, 0.5) is 10.1 Å². The van der Waals surface area contributed by atoms with Gasteiger partial charge in [0.15, 0.2) is 5.82 Å². The SMILES string of the molecule is O=C1Cc2cc(-c3ccc(-c4ccc(-c5ncn[nH]5)cc4)c(F)c3)c(Cl)cc2N1. The van der Waals surface area contributed by atoms with Gasteiger partial charge in [-0.15, -0.1) is 0 Å². The monoisotopic (exact) mass is 404 g/mol. The van der Waals surface area contributed by atoms with E-state index < -0.39 is 0 Å². The second kappa shape index (κ2) is 6.83. The van der Waals surface area contributed by atoms with E-state index in [2.05, 4.69) is 20.5 Å². The number of fused-ring (bicyclic) bond motifs is 1. The maximum Gasteiger partial charge on any atom is 0.228 e. The summed E-state index contributed by atoms with van der Waals surface area (Å²) in [6.45, 7) is 0. The molecule has 29 heavy (non-hydrogen) atoms. The van der Waals surface area contributed by atoms with E-state index in [-0.39, 0.29) is 11.7 Å². The van der Waals surface area contributed by atoms with Gasteiger partial charge in [0, 0.05) is 22.4 Å². The minimum Gasteiger partial charge on any atom is -0.325 e. The van der Waals surface area contributed by atoms with Crippen molar-refractivity contribution in [3.8, 4) is 33.6 Å². The maximum atomic E-state index is 14.9. The summed E-state index contributed by atoms with van der Waals surface area (Å²) < 4.78 is 14.9. The Hall–Kier alpha value is -3.51. The lowest BCUT2D eigenvalue weighted by Gasteiger charge is -2.10. The van der Waals surface area contributed by atoms with Crippen LogP contribution in [0.2, 0.25) is 5.02 Å². The summed E-state index contributed by atoms with van der Waals surface area (Å²) in [5.41, 5.74) is 5.06. The van der Waals surface area contributed by atoms with Gasteiger partial charge >= 0.3 is 0 Å². The molecule has 0 saturated heterocycles. The quantitative estimate of drug-likeness (QED) is 0.499. The number of aromatic nitrogens is 3. The number of nitrogens with zero attached hydrogens (tertiary/aromatic N) is 2. The number of hydrogen-bond acceptors (Lipinski definition) is 3. The Morgan fingerprint density at radius 1 is 0.931 bits per heavy atom. The third-order valence-corrected chi connectivity index (χ3v) is 5.30. The fraction of sp³-hybridized carbons (Fsp3) is 0.0455. The average molecular weight is 405 g/mol. The highest BCUT2D eigenvalue weighted by Crippen LogP contribution is 2.37. The summed E-state index contributed by atoms with van der Waals surface area (Å²) in [7, 11) is 0. The van der Waals surface area contributed by atoms with Crippen LogP contribution in [-0.2, 0) is 11.2 Å². The van der Waals surface area contributed by atoms with E-state index >= 15 is 0 Å². The number of H-pyrrole nitrogens is 1. The summed E-state index contributed by atoms with van der Waals surface area (Å²) in [4.78, 5) is 15.7. The van der Waals surface area contributed by atoms with Crippen LogP contribution >= 0.6 is 11.6 Å². The number of carbonyl (C=O) groups excluding carboxylic acids is 1. The third-order valence-electron chi connectivity index (χ3n) is 4.98. The fourth-order valence-electron chi connectivity index (χ4n) is 3.54. The first-order chi connectivity index (χ1) is 14.1. The summed E-state index contributed by atoms with van der Waals surface area (Å²) in [6, 6.07) is 16.0. The van der Waals surface area contributed by atoms with E-state index in [0.717, 1.165) is 16.7 Å². The van der Waals surface area contributed by atoms with E-state index in [1.54, 1.807) is 12.1 Å². The van der Waals surface area contributed by atoms with Crippen molar-refractivity contribution in [1.29, 1.82) is 0 Å². The zero-order valence-electron chi connectivity index (χ0n) is 15.0. The third kappa shape index (κ3) is 3.17. The number of benzene rings is 3. The Bertz CT molecular complexity index is 1240. The minimum absolute atomic E-state index is 0.0662. The molecule has 0 aliphatic carbocycles. The highest BCUT2D eigenvalue weighted by Gasteiger charge is 2.20. The Morgan fingerprint density at radius 3 is 2.41 bits per heavy atom. The van der Waals surface area contributed by atoms with Crippen LogP contribution in [0, 0.1) is 5.82 Å². The van der Waals surface area contributed by atoms with Crippen molar-refractivity contribution in [1.82, 2.24) is 15.2 Å². The topological polar surface area (TPSA) is 70.7 Å². The van der Waals surface area contributed by atoms with Gasteiger partial charge in [0.05, 0.1) is 11.4 Å². The number of rotatable bonds is 3. The zero-order valence-corrected chi connectivity index (χ0v) is 15.8. The molecule has 1 aliphatic heterocycles. The Kier molecular flexibility index (Phi) is 4.14. The van der Waals surface area contributed by atoms with Crippen LogP contribution in [0.5, 0.6) is 0 Å². The van der Waals surface area contributed by atoms with Gasteiger partial charge in [-0.05, 0) is 34.9 Å². The van der Waals surface area contributed by atoms with Gasteiger partial charge in [0.25, 0.3) is 0 Å². The minimum atomic E-state index is -0.347. The molecule has 5 nitrogen and oxygen atoms in total. The van der Waals surface area contributed by atoms with Crippen molar-refractivity contribution in [3.63, 3.8) is 0 Å². The molecule has 1 aromatic heterocycles. The van der Waals surface area contributed by atoms with Gasteiger partial charge in [-0.1, -0.05) is 48.0 Å². The molecular formula is C22H14ClFN4O. The largest absolute Gasteiger partial charge is 0.325 e. The van der Waals surface area contributed by atoms with Crippen LogP contribution in [0.3, 0.4) is 0 Å². The van der Waals surface area contributed by atoms with E-state index in [0.29, 0.717) is 39.6 Å². The number of halogens is 2. The average Bonchev–Trinajstić information content (AvgIpc) is 3.36. The predicted octanol–water partition coefficient (Wildman–Crippen LogP) is 5.09. The molecule has 0 spiro atoms. The number of amides is 1. The lowest BCUT2D eigenvalue weighted by atomic mass is 9.97. The molecule has 1 aliphatic rings. The van der Waals surface area contributed by atoms with Crippen molar-refractivity contribution >= 4 is 23.2 Å². The van der Waals surface area contributed by atoms with Gasteiger partial charge in [-0.2, -0.15) is 5.10 Å². The molecular weight excluding hydrogens is 391 g/mol. The van der Waals surface area contributed by atoms with Crippen LogP contribution in [0.1, 0.15) is 5.56 Å². The predicted molar refractivity (Wildman–Crippen MR) is 110 cm³/mol. The Balaban J connectivity index is 1.48. The van der Waals surface area contributed by atoms with Crippen LogP contribution < -0.4 is 5.32 Å². The second-order valence-electron chi connectivity index (χ2n) is 6.82. The highest BCUT2D eigenvalue weighted by molar-refractivity contribution is 6.34. The molecule has 2 N–H and O–H groups in total. The van der Waals surface area contributed by atoms with Crippen LogP contribution in [0.25, 0.3) is 33.6 Å². The fourth-order valence-corrected chi connectivity index (χ4v) is 3.81. The molecule has 1 amide bonds. The molecule has 3 aromatic carbocycles. The molecule has 2 heterocycles. The van der Waals surface area contributed by atoms with Gasteiger partial charge in [-0.3, -0.25) is 9.89 Å². The normalized spacial score (nSPS) is 12.7. The molecule has 142 valence electrons. The molecule has 0 atom stereocenters. The molecule has 7 heteroatoms. The number of nitrogens with one attached hydrogen (secondary N) is 2. The first-order valence-corrected chi connectivity index (χ1v) is 9.34. The van der Waals surface area contributed by atoms with Crippen molar-refractivity contribution in [2.24, 2.45) is 0 Å². The van der Waals surface area contributed by atoms with Crippen molar-refractivity contribution in [2.75, 3.05) is 5.32 Å². The number of aromatic amines is 1. The first-order valence-electron chi connectivity index (χ1n) is 8.97. The number of hydrogen-bond donors (Lipinski definition) is 2. The van der Waals surface area contributed by atoms with Crippen molar-refractivity contribution < 1.29 is 9.18 Å². The molecule has 0 saturated carbocycles. The maximum absolute atomic E-state index is 14.9. The molecule has 5 rings (SSSR count). The van der Waals surface area contributed by atoms with Crippen LogP contribution in [-0.4, -0.2) is 21.1 Å².